The summed E-state index contributed by atoms with van der Waals surface area (Å²) in [6, 6.07) is 6.45. The molecule has 1 aromatic rings. The third-order valence-corrected chi connectivity index (χ3v) is 2.53. The van der Waals surface area contributed by atoms with E-state index in [-0.39, 0.29) is 5.78 Å². The van der Waals surface area contributed by atoms with E-state index >= 15 is 0 Å². The van der Waals surface area contributed by atoms with E-state index in [9.17, 15) is 4.79 Å². The van der Waals surface area contributed by atoms with Gasteiger partial charge in [0, 0.05) is 5.56 Å². The number of ketones is 1. The maximum atomic E-state index is 11.5. The van der Waals surface area contributed by atoms with Crippen molar-refractivity contribution in [3.8, 4) is 6.07 Å². The van der Waals surface area contributed by atoms with Crippen LogP contribution < -0.4 is 0 Å². The van der Waals surface area contributed by atoms with Gasteiger partial charge in [-0.2, -0.15) is 5.26 Å². The fourth-order valence-corrected chi connectivity index (χ4v) is 1.26. The van der Waals surface area contributed by atoms with E-state index in [2.05, 4.69) is 0 Å². The predicted molar refractivity (Wildman–Crippen MR) is 55.6 cm³/mol. The lowest BCUT2D eigenvalue weighted by atomic mass is 10.0. The van der Waals surface area contributed by atoms with Crippen LogP contribution in [0.5, 0.6) is 0 Å². The van der Waals surface area contributed by atoms with Crippen molar-refractivity contribution >= 4 is 29.0 Å². The fraction of sp³-hybridized carbons (Fsp3) is 0.200. The average Bonchev–Trinajstić information content (AvgIpc) is 2.20. The van der Waals surface area contributed by atoms with Crippen LogP contribution in [0.2, 0.25) is 10.0 Å². The molecule has 0 radical (unpaired) electrons. The maximum absolute atomic E-state index is 11.5. The lowest BCUT2D eigenvalue weighted by Crippen LogP contribution is -2.08. The average molecular weight is 228 g/mol. The molecule has 72 valence electrons. The molecule has 0 spiro atoms. The highest BCUT2D eigenvalue weighted by molar-refractivity contribution is 6.42. The second kappa shape index (κ2) is 4.45. The molecule has 0 amide bonds. The molecule has 4 heteroatoms. The van der Waals surface area contributed by atoms with E-state index in [1.165, 1.54) is 6.07 Å². The number of nitriles is 1. The van der Waals surface area contributed by atoms with Gasteiger partial charge in [0.05, 0.1) is 16.1 Å². The van der Waals surface area contributed by atoms with Crippen molar-refractivity contribution in [3.05, 3.63) is 33.8 Å². The Labute approximate surface area is 92.1 Å². The van der Waals surface area contributed by atoms with E-state index in [0.717, 1.165) is 0 Å². The monoisotopic (exact) mass is 227 g/mol. The highest BCUT2D eigenvalue weighted by atomic mass is 35.5. The molecule has 1 atom stereocenters. The zero-order valence-corrected chi connectivity index (χ0v) is 8.93. The Balaban J connectivity index is 3.04. The molecule has 0 aliphatic heterocycles. The highest BCUT2D eigenvalue weighted by Crippen LogP contribution is 2.23. The number of carbonyl (C=O) groups excluding carboxylic acids is 1. The second-order valence-electron chi connectivity index (χ2n) is 2.84. The Morgan fingerprint density at radius 3 is 2.57 bits per heavy atom. The normalized spacial score (nSPS) is 11.9. The first-order chi connectivity index (χ1) is 6.56. The van der Waals surface area contributed by atoms with Crippen molar-refractivity contribution in [2.24, 2.45) is 5.92 Å². The molecule has 1 rings (SSSR count). The number of hydrogen-bond donors (Lipinski definition) is 0. The summed E-state index contributed by atoms with van der Waals surface area (Å²) >= 11 is 11.4. The van der Waals surface area contributed by atoms with Crippen molar-refractivity contribution in [1.29, 1.82) is 5.26 Å². The first kappa shape index (κ1) is 11.0. The smallest absolute Gasteiger partial charge is 0.179 e. The van der Waals surface area contributed by atoms with Gasteiger partial charge in [0.25, 0.3) is 0 Å². The Morgan fingerprint density at radius 2 is 2.07 bits per heavy atom. The van der Waals surface area contributed by atoms with Crippen LogP contribution in [-0.4, -0.2) is 5.78 Å². The predicted octanol–water partition coefficient (Wildman–Crippen LogP) is 3.34. The number of hydrogen-bond acceptors (Lipinski definition) is 2. The summed E-state index contributed by atoms with van der Waals surface area (Å²) in [6.45, 7) is 1.55. The van der Waals surface area contributed by atoms with Crippen LogP contribution >= 0.6 is 23.2 Å². The molecule has 0 saturated heterocycles. The molecule has 14 heavy (non-hydrogen) atoms. The molecule has 1 unspecified atom stereocenters. The highest BCUT2D eigenvalue weighted by Gasteiger charge is 2.14. The lowest BCUT2D eigenvalue weighted by Gasteiger charge is -2.03. The number of benzene rings is 1. The lowest BCUT2D eigenvalue weighted by molar-refractivity contribution is 0.0956. The number of halogens is 2. The van der Waals surface area contributed by atoms with Crippen LogP contribution in [0.1, 0.15) is 17.3 Å². The third kappa shape index (κ3) is 2.25. The molecule has 0 bridgehead atoms. The molecule has 0 aliphatic rings. The molecule has 2 nitrogen and oxygen atoms in total. The van der Waals surface area contributed by atoms with Crippen LogP contribution in [0.15, 0.2) is 18.2 Å². The maximum Gasteiger partial charge on any atom is 0.179 e. The summed E-state index contributed by atoms with van der Waals surface area (Å²) < 4.78 is 0. The van der Waals surface area contributed by atoms with Gasteiger partial charge < -0.3 is 0 Å². The molecular weight excluding hydrogens is 221 g/mol. The van der Waals surface area contributed by atoms with E-state index in [0.29, 0.717) is 15.6 Å². The molecule has 0 heterocycles. The Morgan fingerprint density at radius 1 is 1.43 bits per heavy atom. The minimum atomic E-state index is -0.660. The van der Waals surface area contributed by atoms with Gasteiger partial charge >= 0.3 is 0 Å². The van der Waals surface area contributed by atoms with Crippen LogP contribution in [0, 0.1) is 17.2 Å². The van der Waals surface area contributed by atoms with Crippen LogP contribution in [0.4, 0.5) is 0 Å². The van der Waals surface area contributed by atoms with Crippen LogP contribution in [0.3, 0.4) is 0 Å². The van der Waals surface area contributed by atoms with Gasteiger partial charge in [0.1, 0.15) is 5.92 Å². The SMILES string of the molecule is CC(C#N)C(=O)c1ccc(Cl)c(Cl)c1. The van der Waals surface area contributed by atoms with Crippen molar-refractivity contribution in [1.82, 2.24) is 0 Å². The van der Waals surface area contributed by atoms with E-state index in [1.807, 2.05) is 6.07 Å². The number of rotatable bonds is 2. The largest absolute Gasteiger partial charge is 0.293 e. The van der Waals surface area contributed by atoms with E-state index < -0.39 is 5.92 Å². The van der Waals surface area contributed by atoms with Gasteiger partial charge in [0.15, 0.2) is 5.78 Å². The van der Waals surface area contributed by atoms with Crippen molar-refractivity contribution in [2.75, 3.05) is 0 Å². The third-order valence-electron chi connectivity index (χ3n) is 1.79. The summed E-state index contributed by atoms with van der Waals surface area (Å²) in [7, 11) is 0. The zero-order valence-electron chi connectivity index (χ0n) is 7.42. The summed E-state index contributed by atoms with van der Waals surface area (Å²) in [4.78, 5) is 11.5. The van der Waals surface area contributed by atoms with Crippen molar-refractivity contribution in [2.45, 2.75) is 6.92 Å². The standard InChI is InChI=1S/C10H7Cl2NO/c1-6(5-13)10(14)7-2-3-8(11)9(12)4-7/h2-4,6H,1H3. The fourth-order valence-electron chi connectivity index (χ4n) is 0.958. The van der Waals surface area contributed by atoms with E-state index in [4.69, 9.17) is 28.5 Å². The second-order valence-corrected chi connectivity index (χ2v) is 3.66. The van der Waals surface area contributed by atoms with Crippen LogP contribution in [0.25, 0.3) is 0 Å². The minimum absolute atomic E-state index is 0.244. The van der Waals surface area contributed by atoms with Crippen molar-refractivity contribution in [3.63, 3.8) is 0 Å². The van der Waals surface area contributed by atoms with Crippen molar-refractivity contribution < 1.29 is 4.79 Å². The summed E-state index contributed by atoms with van der Waals surface area (Å²) in [5.74, 6) is -0.904. The van der Waals surface area contributed by atoms with Gasteiger partial charge in [-0.25, -0.2) is 0 Å². The molecule has 1 aromatic carbocycles. The number of Topliss-reactive ketones (excluding diaryl/α,β-unsaturated/α-hetero) is 1. The van der Waals surface area contributed by atoms with E-state index in [1.54, 1.807) is 19.1 Å². The van der Waals surface area contributed by atoms with Gasteiger partial charge in [-0.3, -0.25) is 4.79 Å². The van der Waals surface area contributed by atoms with Gasteiger partial charge in [-0.1, -0.05) is 23.2 Å². The molecule has 0 N–H and O–H groups in total. The summed E-state index contributed by atoms with van der Waals surface area (Å²) in [6.07, 6.45) is 0. The Hall–Kier alpha value is -1.04. The Bertz CT molecular complexity index is 409. The summed E-state index contributed by atoms with van der Waals surface area (Å²) in [5, 5.41) is 9.28. The van der Waals surface area contributed by atoms with Gasteiger partial charge in [-0.05, 0) is 25.1 Å². The quantitative estimate of drug-likeness (QED) is 0.728. The van der Waals surface area contributed by atoms with Gasteiger partial charge in [0.2, 0.25) is 0 Å². The first-order valence-electron chi connectivity index (χ1n) is 3.95. The number of nitrogens with zero attached hydrogens (tertiary/aromatic N) is 1. The number of carbonyl (C=O) groups is 1. The Kier molecular flexibility index (Phi) is 3.51. The zero-order chi connectivity index (χ0) is 10.7. The topological polar surface area (TPSA) is 40.9 Å². The molecule has 0 aromatic heterocycles. The molecule has 0 saturated carbocycles. The molecule has 0 aliphatic carbocycles. The first-order valence-corrected chi connectivity index (χ1v) is 4.70. The molecular formula is C10H7Cl2NO. The minimum Gasteiger partial charge on any atom is -0.293 e. The van der Waals surface area contributed by atoms with Gasteiger partial charge in [-0.15, -0.1) is 0 Å². The molecule has 0 fully saturated rings. The summed E-state index contributed by atoms with van der Waals surface area (Å²) in [5.41, 5.74) is 0.411. The van der Waals surface area contributed by atoms with Crippen LogP contribution in [-0.2, 0) is 0 Å².